The van der Waals surface area contributed by atoms with Gasteiger partial charge in [-0.15, -0.1) is 0 Å². The van der Waals surface area contributed by atoms with Crippen LogP contribution in [0.5, 0.6) is 0 Å². The maximum Gasteiger partial charge on any atom is 0.230 e. The first kappa shape index (κ1) is 9.65. The van der Waals surface area contributed by atoms with Crippen LogP contribution in [0.15, 0.2) is 4.99 Å². The Balaban J connectivity index is 2.09. The number of likely N-dealkylation sites (tertiary alicyclic amines) is 1. The van der Waals surface area contributed by atoms with E-state index in [9.17, 15) is 4.79 Å². The van der Waals surface area contributed by atoms with E-state index >= 15 is 0 Å². The van der Waals surface area contributed by atoms with Crippen molar-refractivity contribution in [3.8, 4) is 0 Å². The van der Waals surface area contributed by atoms with E-state index in [-0.39, 0.29) is 11.8 Å². The standard InChI is InChI=1S/C10H17N3O/c1-2-13-5-3-8-9(4-6-13)11-7-12-10(8)14/h8H,2-7H2,1H3,(H,12,14). The van der Waals surface area contributed by atoms with Crippen LogP contribution >= 0.6 is 0 Å². The topological polar surface area (TPSA) is 44.7 Å². The summed E-state index contributed by atoms with van der Waals surface area (Å²) in [4.78, 5) is 18.3. The SMILES string of the molecule is CCN1CCC2=NCNC(=O)C2CC1. The van der Waals surface area contributed by atoms with Crippen LogP contribution in [0.25, 0.3) is 0 Å². The highest BCUT2D eigenvalue weighted by Crippen LogP contribution is 2.17. The van der Waals surface area contributed by atoms with Gasteiger partial charge in [-0.25, -0.2) is 0 Å². The third-order valence-corrected chi connectivity index (χ3v) is 3.12. The van der Waals surface area contributed by atoms with Crippen LogP contribution in [0.2, 0.25) is 0 Å². The molecule has 4 heteroatoms. The average Bonchev–Trinajstić information content (AvgIpc) is 2.41. The van der Waals surface area contributed by atoms with Crippen molar-refractivity contribution in [2.75, 3.05) is 26.3 Å². The second-order valence-corrected chi connectivity index (χ2v) is 3.87. The molecule has 78 valence electrons. The third kappa shape index (κ3) is 1.80. The molecule has 4 nitrogen and oxygen atoms in total. The molecule has 1 fully saturated rings. The minimum Gasteiger partial charge on any atom is -0.336 e. The van der Waals surface area contributed by atoms with Crippen molar-refractivity contribution in [2.24, 2.45) is 10.9 Å². The van der Waals surface area contributed by atoms with Crippen LogP contribution < -0.4 is 5.32 Å². The van der Waals surface area contributed by atoms with E-state index in [0.717, 1.165) is 38.2 Å². The fourth-order valence-corrected chi connectivity index (χ4v) is 2.17. The molecule has 0 aromatic rings. The number of nitrogens with zero attached hydrogens (tertiary/aromatic N) is 2. The number of fused-ring (bicyclic) bond motifs is 1. The lowest BCUT2D eigenvalue weighted by Crippen LogP contribution is -2.40. The molecule has 2 heterocycles. The van der Waals surface area contributed by atoms with Crippen molar-refractivity contribution in [2.45, 2.75) is 19.8 Å². The van der Waals surface area contributed by atoms with Gasteiger partial charge in [0.05, 0.1) is 5.92 Å². The minimum absolute atomic E-state index is 0.0558. The molecule has 1 amide bonds. The summed E-state index contributed by atoms with van der Waals surface area (Å²) in [5, 5.41) is 2.80. The zero-order chi connectivity index (χ0) is 9.97. The minimum atomic E-state index is 0.0558. The highest BCUT2D eigenvalue weighted by atomic mass is 16.2. The molecule has 2 rings (SSSR count). The lowest BCUT2D eigenvalue weighted by atomic mass is 9.96. The van der Waals surface area contributed by atoms with Crippen molar-refractivity contribution >= 4 is 11.6 Å². The summed E-state index contributed by atoms with van der Waals surface area (Å²) in [6.45, 7) is 5.79. The van der Waals surface area contributed by atoms with Crippen LogP contribution in [-0.4, -0.2) is 42.8 Å². The van der Waals surface area contributed by atoms with Crippen molar-refractivity contribution in [3.05, 3.63) is 0 Å². The van der Waals surface area contributed by atoms with Gasteiger partial charge in [0.1, 0.15) is 6.67 Å². The first-order valence-corrected chi connectivity index (χ1v) is 5.34. The van der Waals surface area contributed by atoms with Gasteiger partial charge in [0, 0.05) is 12.3 Å². The van der Waals surface area contributed by atoms with Gasteiger partial charge in [-0.05, 0) is 25.9 Å². The molecule has 14 heavy (non-hydrogen) atoms. The molecule has 0 aromatic heterocycles. The molecule has 1 saturated heterocycles. The molecule has 0 radical (unpaired) electrons. The molecular weight excluding hydrogens is 178 g/mol. The summed E-state index contributed by atoms with van der Waals surface area (Å²) in [6.07, 6.45) is 1.89. The maximum absolute atomic E-state index is 11.6. The smallest absolute Gasteiger partial charge is 0.230 e. The summed E-state index contributed by atoms with van der Waals surface area (Å²) in [7, 11) is 0. The van der Waals surface area contributed by atoms with E-state index in [1.807, 2.05) is 0 Å². The average molecular weight is 195 g/mol. The lowest BCUT2D eigenvalue weighted by molar-refractivity contribution is -0.123. The molecule has 2 aliphatic heterocycles. The quantitative estimate of drug-likeness (QED) is 0.651. The Morgan fingerprint density at radius 1 is 1.57 bits per heavy atom. The second-order valence-electron chi connectivity index (χ2n) is 3.87. The predicted octanol–water partition coefficient (Wildman–Crippen LogP) is 0.247. The Bertz CT molecular complexity index is 262. The molecule has 1 unspecified atom stereocenters. The fourth-order valence-electron chi connectivity index (χ4n) is 2.17. The third-order valence-electron chi connectivity index (χ3n) is 3.12. The Hall–Kier alpha value is -0.900. The molecule has 0 bridgehead atoms. The second kappa shape index (κ2) is 4.09. The predicted molar refractivity (Wildman–Crippen MR) is 55.3 cm³/mol. The first-order chi connectivity index (χ1) is 6.81. The summed E-state index contributed by atoms with van der Waals surface area (Å²) >= 11 is 0. The first-order valence-electron chi connectivity index (χ1n) is 5.34. The number of hydrogen-bond donors (Lipinski definition) is 1. The Labute approximate surface area is 84.4 Å². The largest absolute Gasteiger partial charge is 0.336 e. The molecule has 0 spiro atoms. The molecule has 2 aliphatic rings. The highest BCUT2D eigenvalue weighted by Gasteiger charge is 2.29. The molecule has 1 atom stereocenters. The van der Waals surface area contributed by atoms with Gasteiger partial charge in [0.2, 0.25) is 5.91 Å². The summed E-state index contributed by atoms with van der Waals surface area (Å²) in [5.41, 5.74) is 1.12. The molecular formula is C10H17N3O. The molecule has 0 saturated carbocycles. The summed E-state index contributed by atoms with van der Waals surface area (Å²) in [6, 6.07) is 0. The highest BCUT2D eigenvalue weighted by molar-refractivity contribution is 6.05. The number of nitrogens with one attached hydrogen (secondary N) is 1. The van der Waals surface area contributed by atoms with Gasteiger partial charge in [-0.2, -0.15) is 0 Å². The monoisotopic (exact) mass is 195 g/mol. The van der Waals surface area contributed by atoms with Gasteiger partial charge in [-0.1, -0.05) is 6.92 Å². The zero-order valence-corrected chi connectivity index (χ0v) is 8.62. The molecule has 0 aliphatic carbocycles. The number of rotatable bonds is 1. The van der Waals surface area contributed by atoms with E-state index in [0.29, 0.717) is 6.67 Å². The van der Waals surface area contributed by atoms with Crippen LogP contribution in [0.1, 0.15) is 19.8 Å². The number of amides is 1. The van der Waals surface area contributed by atoms with Gasteiger partial charge in [0.25, 0.3) is 0 Å². The Kier molecular flexibility index (Phi) is 2.82. The van der Waals surface area contributed by atoms with Crippen LogP contribution in [0.3, 0.4) is 0 Å². The normalized spacial score (nSPS) is 28.8. The fraction of sp³-hybridized carbons (Fsp3) is 0.800. The van der Waals surface area contributed by atoms with E-state index in [4.69, 9.17) is 0 Å². The van der Waals surface area contributed by atoms with Crippen LogP contribution in [-0.2, 0) is 4.79 Å². The van der Waals surface area contributed by atoms with Crippen LogP contribution in [0, 0.1) is 5.92 Å². The van der Waals surface area contributed by atoms with Crippen molar-refractivity contribution < 1.29 is 4.79 Å². The van der Waals surface area contributed by atoms with Crippen LogP contribution in [0.4, 0.5) is 0 Å². The summed E-state index contributed by atoms with van der Waals surface area (Å²) in [5.74, 6) is 0.230. The van der Waals surface area contributed by atoms with E-state index in [1.54, 1.807) is 0 Å². The van der Waals surface area contributed by atoms with Crippen molar-refractivity contribution in [1.82, 2.24) is 10.2 Å². The zero-order valence-electron chi connectivity index (χ0n) is 8.62. The number of carbonyl (C=O) groups is 1. The molecule has 0 aromatic carbocycles. The van der Waals surface area contributed by atoms with Gasteiger partial charge >= 0.3 is 0 Å². The van der Waals surface area contributed by atoms with Gasteiger partial charge in [-0.3, -0.25) is 9.79 Å². The Morgan fingerprint density at radius 2 is 2.43 bits per heavy atom. The van der Waals surface area contributed by atoms with E-state index < -0.39 is 0 Å². The number of carbonyl (C=O) groups excluding carboxylic acids is 1. The lowest BCUT2D eigenvalue weighted by Gasteiger charge is -2.20. The number of hydrogen-bond acceptors (Lipinski definition) is 3. The van der Waals surface area contributed by atoms with Crippen molar-refractivity contribution in [3.63, 3.8) is 0 Å². The maximum atomic E-state index is 11.6. The Morgan fingerprint density at radius 3 is 3.21 bits per heavy atom. The van der Waals surface area contributed by atoms with E-state index in [2.05, 4.69) is 22.1 Å². The number of aliphatic imine (C=N–C) groups is 1. The van der Waals surface area contributed by atoms with Crippen molar-refractivity contribution in [1.29, 1.82) is 0 Å². The van der Waals surface area contributed by atoms with Gasteiger partial charge < -0.3 is 10.2 Å². The summed E-state index contributed by atoms with van der Waals surface area (Å²) < 4.78 is 0. The van der Waals surface area contributed by atoms with Gasteiger partial charge in [0.15, 0.2) is 0 Å². The molecule has 1 N–H and O–H groups in total. The van der Waals surface area contributed by atoms with E-state index in [1.165, 1.54) is 0 Å².